The van der Waals surface area contributed by atoms with Gasteiger partial charge in [-0.3, -0.25) is 4.72 Å². The Kier molecular flexibility index (Phi) is 8.68. The zero-order valence-corrected chi connectivity index (χ0v) is 23.5. The summed E-state index contributed by atoms with van der Waals surface area (Å²) in [5.74, 6) is 0.516. The first-order chi connectivity index (χ1) is 18.7. The summed E-state index contributed by atoms with van der Waals surface area (Å²) < 4.78 is 47.7. The Morgan fingerprint density at radius 2 is 1.36 bits per heavy atom. The second-order valence-corrected chi connectivity index (χ2v) is 11.2. The molecule has 0 aromatic heterocycles. The van der Waals surface area contributed by atoms with Gasteiger partial charge < -0.3 is 18.9 Å². The fourth-order valence-corrected chi connectivity index (χ4v) is 5.30. The van der Waals surface area contributed by atoms with E-state index in [1.807, 2.05) is 38.1 Å². The third-order valence-electron chi connectivity index (χ3n) is 5.68. The number of hydrogen-bond acceptors (Lipinski definition) is 8. The summed E-state index contributed by atoms with van der Waals surface area (Å²) in [7, 11) is -1.07. The Balaban J connectivity index is 1.53. The molecule has 0 saturated heterocycles. The summed E-state index contributed by atoms with van der Waals surface area (Å²) >= 11 is 1.37. The molecule has 0 unspecified atom stereocenters. The first-order valence-electron chi connectivity index (χ1n) is 11.9. The molecule has 0 aliphatic carbocycles. The summed E-state index contributed by atoms with van der Waals surface area (Å²) in [5.41, 5.74) is 3.23. The van der Waals surface area contributed by atoms with Crippen LogP contribution in [-0.4, -0.2) is 28.6 Å². The summed E-state index contributed by atoms with van der Waals surface area (Å²) in [6.07, 6.45) is 0. The van der Waals surface area contributed by atoms with E-state index < -0.39 is 16.0 Å². The Bertz CT molecular complexity index is 1570. The van der Waals surface area contributed by atoms with Crippen molar-refractivity contribution in [3.05, 3.63) is 102 Å². The zero-order valence-electron chi connectivity index (χ0n) is 21.8. The lowest BCUT2D eigenvalue weighted by Gasteiger charge is -2.15. The van der Waals surface area contributed by atoms with Gasteiger partial charge in [-0.05, 0) is 80.4 Å². The number of esters is 1. The van der Waals surface area contributed by atoms with Gasteiger partial charge in [0, 0.05) is 11.0 Å². The SMILES string of the molecule is COC(=O)c1cc(Oc2ccc(NS(=O)(=O)c3ccc(C)cc3)c(OC)c2)ccc1NSc1ccc(C)cc1. The van der Waals surface area contributed by atoms with Crippen LogP contribution in [0.1, 0.15) is 21.5 Å². The molecule has 0 radical (unpaired) electrons. The average molecular weight is 565 g/mol. The van der Waals surface area contributed by atoms with Gasteiger partial charge in [0.25, 0.3) is 10.0 Å². The van der Waals surface area contributed by atoms with E-state index in [2.05, 4.69) is 9.44 Å². The lowest BCUT2D eigenvalue weighted by Crippen LogP contribution is -2.13. The first kappa shape index (κ1) is 27.9. The number of benzene rings is 4. The van der Waals surface area contributed by atoms with Crippen LogP contribution in [0.25, 0.3) is 0 Å². The van der Waals surface area contributed by atoms with Crippen LogP contribution in [-0.2, 0) is 14.8 Å². The molecule has 4 aromatic carbocycles. The van der Waals surface area contributed by atoms with E-state index in [-0.39, 0.29) is 16.3 Å². The van der Waals surface area contributed by atoms with Crippen molar-refractivity contribution in [2.75, 3.05) is 23.7 Å². The van der Waals surface area contributed by atoms with Crippen molar-refractivity contribution in [2.45, 2.75) is 23.6 Å². The van der Waals surface area contributed by atoms with Crippen LogP contribution in [0.15, 0.2) is 94.7 Å². The van der Waals surface area contributed by atoms with Crippen LogP contribution in [0.2, 0.25) is 0 Å². The third kappa shape index (κ3) is 7.04. The van der Waals surface area contributed by atoms with E-state index in [0.717, 1.165) is 16.0 Å². The van der Waals surface area contributed by atoms with Gasteiger partial charge in [-0.15, -0.1) is 0 Å². The number of sulfonamides is 1. The van der Waals surface area contributed by atoms with Crippen molar-refractivity contribution in [1.29, 1.82) is 0 Å². The Morgan fingerprint density at radius 1 is 0.769 bits per heavy atom. The molecular formula is C29H28N2O6S2. The van der Waals surface area contributed by atoms with Gasteiger partial charge in [-0.2, -0.15) is 0 Å². The van der Waals surface area contributed by atoms with E-state index in [9.17, 15) is 13.2 Å². The van der Waals surface area contributed by atoms with E-state index in [0.29, 0.717) is 22.7 Å². The van der Waals surface area contributed by atoms with Gasteiger partial charge in [0.05, 0.1) is 36.1 Å². The van der Waals surface area contributed by atoms with Crippen molar-refractivity contribution in [1.82, 2.24) is 0 Å². The second kappa shape index (κ2) is 12.1. The predicted molar refractivity (Wildman–Crippen MR) is 153 cm³/mol. The summed E-state index contributed by atoms with van der Waals surface area (Å²) in [5, 5.41) is 0. The van der Waals surface area contributed by atoms with Crippen molar-refractivity contribution in [2.24, 2.45) is 0 Å². The van der Waals surface area contributed by atoms with Gasteiger partial charge >= 0.3 is 5.97 Å². The van der Waals surface area contributed by atoms with Gasteiger partial charge in [-0.25, -0.2) is 13.2 Å². The Morgan fingerprint density at radius 3 is 1.97 bits per heavy atom. The molecule has 2 N–H and O–H groups in total. The number of hydrogen-bond donors (Lipinski definition) is 2. The molecule has 0 aliphatic rings. The summed E-state index contributed by atoms with van der Waals surface area (Å²) in [4.78, 5) is 13.6. The number of nitrogens with one attached hydrogen (secondary N) is 2. The second-order valence-electron chi connectivity index (χ2n) is 8.60. The zero-order chi connectivity index (χ0) is 28.0. The lowest BCUT2D eigenvalue weighted by atomic mass is 10.1. The maximum Gasteiger partial charge on any atom is 0.340 e. The van der Waals surface area contributed by atoms with Gasteiger partial charge in [0.1, 0.15) is 17.2 Å². The van der Waals surface area contributed by atoms with Gasteiger partial charge in [-0.1, -0.05) is 35.4 Å². The number of aryl methyl sites for hydroxylation is 2. The van der Waals surface area contributed by atoms with Crippen molar-refractivity contribution in [3.63, 3.8) is 0 Å². The fraction of sp³-hybridized carbons (Fsp3) is 0.138. The van der Waals surface area contributed by atoms with Crippen LogP contribution in [0, 0.1) is 13.8 Å². The molecule has 0 amide bonds. The molecule has 0 spiro atoms. The molecule has 0 fully saturated rings. The molecular weight excluding hydrogens is 536 g/mol. The van der Waals surface area contributed by atoms with Crippen LogP contribution >= 0.6 is 11.9 Å². The van der Waals surface area contributed by atoms with Crippen molar-refractivity contribution >= 4 is 39.3 Å². The number of rotatable bonds is 10. The molecule has 8 nitrogen and oxygen atoms in total. The van der Waals surface area contributed by atoms with E-state index in [1.54, 1.807) is 60.7 Å². The number of methoxy groups -OCH3 is 2. The normalized spacial score (nSPS) is 11.0. The molecule has 0 atom stereocenters. The minimum atomic E-state index is -3.82. The highest BCUT2D eigenvalue weighted by atomic mass is 32.2. The fourth-order valence-electron chi connectivity index (χ4n) is 3.55. The lowest BCUT2D eigenvalue weighted by molar-refractivity contribution is 0.0601. The molecule has 39 heavy (non-hydrogen) atoms. The van der Waals surface area contributed by atoms with Gasteiger partial charge in [0.2, 0.25) is 0 Å². The molecule has 0 bridgehead atoms. The van der Waals surface area contributed by atoms with E-state index in [4.69, 9.17) is 14.2 Å². The molecule has 0 heterocycles. The summed E-state index contributed by atoms with van der Waals surface area (Å²) in [6, 6.07) is 24.3. The predicted octanol–water partition coefficient (Wildman–Crippen LogP) is 6.81. The smallest absolute Gasteiger partial charge is 0.340 e. The van der Waals surface area contributed by atoms with Crippen molar-refractivity contribution < 1.29 is 27.4 Å². The first-order valence-corrected chi connectivity index (χ1v) is 14.2. The molecule has 0 aliphatic heterocycles. The average Bonchev–Trinajstić information content (AvgIpc) is 2.93. The topological polar surface area (TPSA) is 103 Å². The monoisotopic (exact) mass is 564 g/mol. The molecule has 10 heteroatoms. The number of carbonyl (C=O) groups is 1. The Hall–Kier alpha value is -4.15. The van der Waals surface area contributed by atoms with E-state index >= 15 is 0 Å². The van der Waals surface area contributed by atoms with E-state index in [1.165, 1.54) is 26.2 Å². The third-order valence-corrected chi connectivity index (χ3v) is 7.89. The number of carbonyl (C=O) groups excluding carboxylic acids is 1. The largest absolute Gasteiger partial charge is 0.494 e. The summed E-state index contributed by atoms with van der Waals surface area (Å²) in [6.45, 7) is 3.90. The van der Waals surface area contributed by atoms with Gasteiger partial charge in [0.15, 0.2) is 0 Å². The van der Waals surface area contributed by atoms with Crippen LogP contribution in [0.4, 0.5) is 11.4 Å². The highest BCUT2D eigenvalue weighted by Crippen LogP contribution is 2.35. The standard InChI is InChI=1S/C29H28N2O6S2/c1-19-5-11-23(12-6-19)38-30-26-15-9-21(17-25(26)29(32)36-4)37-22-10-16-27(28(18-22)35-3)31-39(33,34)24-13-7-20(2)8-14-24/h5-18,30-31H,1-4H3. The van der Waals surface area contributed by atoms with Crippen LogP contribution < -0.4 is 18.9 Å². The minimum Gasteiger partial charge on any atom is -0.494 e. The van der Waals surface area contributed by atoms with Crippen molar-refractivity contribution in [3.8, 4) is 17.2 Å². The Labute approximate surface area is 232 Å². The highest BCUT2D eigenvalue weighted by Gasteiger charge is 2.18. The molecule has 4 aromatic rings. The maximum atomic E-state index is 12.8. The van der Waals surface area contributed by atoms with Crippen LogP contribution in [0.5, 0.6) is 17.2 Å². The number of anilines is 2. The molecule has 4 rings (SSSR count). The number of ether oxygens (including phenoxy) is 3. The molecule has 0 saturated carbocycles. The quantitative estimate of drug-likeness (QED) is 0.160. The maximum absolute atomic E-state index is 12.8. The minimum absolute atomic E-state index is 0.139. The highest BCUT2D eigenvalue weighted by molar-refractivity contribution is 8.00. The van der Waals surface area contributed by atoms with Crippen LogP contribution in [0.3, 0.4) is 0 Å². The molecule has 202 valence electrons.